The monoisotopic (exact) mass is 176 g/mol. The van der Waals surface area contributed by atoms with Gasteiger partial charge in [0.1, 0.15) is 0 Å². The minimum absolute atomic E-state index is 0.939. The SMILES string of the molecule is CN=C(C)Nc1cccc(C)c1C. The van der Waals surface area contributed by atoms with Gasteiger partial charge in [-0.1, -0.05) is 12.1 Å². The van der Waals surface area contributed by atoms with Crippen LogP contribution >= 0.6 is 0 Å². The van der Waals surface area contributed by atoms with Crippen molar-refractivity contribution in [1.29, 1.82) is 0 Å². The number of amidine groups is 1. The van der Waals surface area contributed by atoms with Crippen LogP contribution in [0.1, 0.15) is 18.1 Å². The summed E-state index contributed by atoms with van der Waals surface area (Å²) in [4.78, 5) is 4.06. The Kier molecular flexibility index (Phi) is 3.07. The first-order valence-corrected chi connectivity index (χ1v) is 4.41. The molecular weight excluding hydrogens is 160 g/mol. The van der Waals surface area contributed by atoms with E-state index in [4.69, 9.17) is 0 Å². The predicted molar refractivity (Wildman–Crippen MR) is 58.6 cm³/mol. The van der Waals surface area contributed by atoms with Crippen LogP contribution in [0, 0.1) is 13.8 Å². The first-order valence-electron chi connectivity index (χ1n) is 4.41. The molecule has 0 spiro atoms. The Morgan fingerprint density at radius 1 is 1.31 bits per heavy atom. The molecule has 13 heavy (non-hydrogen) atoms. The summed E-state index contributed by atoms with van der Waals surface area (Å²) in [6.07, 6.45) is 0. The molecular formula is C11H16N2. The maximum atomic E-state index is 4.06. The van der Waals surface area contributed by atoms with E-state index in [0.29, 0.717) is 0 Å². The van der Waals surface area contributed by atoms with E-state index in [1.165, 1.54) is 11.1 Å². The largest absolute Gasteiger partial charge is 0.344 e. The molecule has 1 aromatic carbocycles. The molecule has 70 valence electrons. The lowest BCUT2D eigenvalue weighted by molar-refractivity contribution is 1.32. The van der Waals surface area contributed by atoms with E-state index in [1.807, 2.05) is 13.0 Å². The van der Waals surface area contributed by atoms with Crippen LogP contribution in [-0.2, 0) is 0 Å². The quantitative estimate of drug-likeness (QED) is 0.516. The van der Waals surface area contributed by atoms with Gasteiger partial charge in [0, 0.05) is 12.7 Å². The molecule has 0 aliphatic rings. The number of hydrogen-bond acceptors (Lipinski definition) is 1. The van der Waals surface area contributed by atoms with Crippen LogP contribution in [0.2, 0.25) is 0 Å². The molecule has 0 saturated heterocycles. The molecule has 0 atom stereocenters. The second-order valence-corrected chi connectivity index (χ2v) is 3.18. The average molecular weight is 176 g/mol. The summed E-state index contributed by atoms with van der Waals surface area (Å²) < 4.78 is 0. The van der Waals surface area contributed by atoms with Crippen LogP contribution < -0.4 is 5.32 Å². The second-order valence-electron chi connectivity index (χ2n) is 3.18. The molecule has 1 rings (SSSR count). The first-order chi connectivity index (χ1) is 6.15. The Balaban J connectivity index is 2.96. The number of aliphatic imine (C=N–C) groups is 1. The summed E-state index contributed by atoms with van der Waals surface area (Å²) >= 11 is 0. The molecule has 2 heteroatoms. The molecule has 0 fully saturated rings. The number of anilines is 1. The molecule has 2 nitrogen and oxygen atoms in total. The van der Waals surface area contributed by atoms with E-state index < -0.39 is 0 Å². The highest BCUT2D eigenvalue weighted by Gasteiger charge is 1.99. The molecule has 0 radical (unpaired) electrons. The van der Waals surface area contributed by atoms with Crippen molar-refractivity contribution in [3.8, 4) is 0 Å². The van der Waals surface area contributed by atoms with Gasteiger partial charge in [0.25, 0.3) is 0 Å². The summed E-state index contributed by atoms with van der Waals surface area (Å²) in [5.74, 6) is 0.939. The molecule has 1 aromatic rings. The Labute approximate surface area is 79.7 Å². The van der Waals surface area contributed by atoms with Gasteiger partial charge >= 0.3 is 0 Å². The molecule has 1 N–H and O–H groups in total. The summed E-state index contributed by atoms with van der Waals surface area (Å²) in [7, 11) is 1.79. The second kappa shape index (κ2) is 4.08. The fourth-order valence-corrected chi connectivity index (χ4v) is 1.14. The van der Waals surface area contributed by atoms with E-state index in [-0.39, 0.29) is 0 Å². The summed E-state index contributed by atoms with van der Waals surface area (Å²) in [5, 5.41) is 3.25. The Morgan fingerprint density at radius 2 is 2.00 bits per heavy atom. The lowest BCUT2D eigenvalue weighted by Crippen LogP contribution is -2.08. The van der Waals surface area contributed by atoms with Crippen LogP contribution in [0.4, 0.5) is 5.69 Å². The lowest BCUT2D eigenvalue weighted by Gasteiger charge is -2.10. The Hall–Kier alpha value is -1.31. The van der Waals surface area contributed by atoms with Crippen LogP contribution in [-0.4, -0.2) is 12.9 Å². The third-order valence-electron chi connectivity index (χ3n) is 2.26. The molecule has 0 aliphatic carbocycles. The average Bonchev–Trinajstić information content (AvgIpc) is 2.13. The normalized spacial score (nSPS) is 11.5. The van der Waals surface area contributed by atoms with Gasteiger partial charge < -0.3 is 5.32 Å². The molecule has 0 aromatic heterocycles. The van der Waals surface area contributed by atoms with E-state index in [9.17, 15) is 0 Å². The third-order valence-corrected chi connectivity index (χ3v) is 2.26. The van der Waals surface area contributed by atoms with Crippen molar-refractivity contribution >= 4 is 11.5 Å². The van der Waals surface area contributed by atoms with Crippen LogP contribution in [0.3, 0.4) is 0 Å². The zero-order valence-corrected chi connectivity index (χ0v) is 8.68. The molecule has 0 unspecified atom stereocenters. The highest BCUT2D eigenvalue weighted by molar-refractivity contribution is 5.94. The van der Waals surface area contributed by atoms with Gasteiger partial charge in [0.2, 0.25) is 0 Å². The zero-order valence-electron chi connectivity index (χ0n) is 8.68. The minimum Gasteiger partial charge on any atom is -0.344 e. The predicted octanol–water partition coefficient (Wildman–Crippen LogP) is 2.76. The highest BCUT2D eigenvalue weighted by atomic mass is 15.0. The maximum Gasteiger partial charge on any atom is 0.0972 e. The standard InChI is InChI=1S/C11H16N2/c1-8-6-5-7-11(9(8)2)13-10(3)12-4/h5-7H,1-4H3,(H,12,13). The number of nitrogens with zero attached hydrogens (tertiary/aromatic N) is 1. The van der Waals surface area contributed by atoms with E-state index in [2.05, 4.69) is 36.3 Å². The van der Waals surface area contributed by atoms with Crippen LogP contribution in [0.5, 0.6) is 0 Å². The van der Waals surface area contributed by atoms with Gasteiger partial charge in [0.05, 0.1) is 5.84 Å². The number of nitrogens with one attached hydrogen (secondary N) is 1. The van der Waals surface area contributed by atoms with Crippen molar-refractivity contribution in [3.63, 3.8) is 0 Å². The van der Waals surface area contributed by atoms with Crippen molar-refractivity contribution < 1.29 is 0 Å². The summed E-state index contributed by atoms with van der Waals surface area (Å²) in [6, 6.07) is 6.23. The topological polar surface area (TPSA) is 24.4 Å². The Bertz CT molecular complexity index is 327. The van der Waals surface area contributed by atoms with Gasteiger partial charge in [-0.15, -0.1) is 0 Å². The van der Waals surface area contributed by atoms with Crippen LogP contribution in [0.25, 0.3) is 0 Å². The van der Waals surface area contributed by atoms with Crippen molar-refractivity contribution in [2.24, 2.45) is 4.99 Å². The van der Waals surface area contributed by atoms with E-state index in [0.717, 1.165) is 11.5 Å². The molecule has 0 aliphatic heterocycles. The lowest BCUT2D eigenvalue weighted by atomic mass is 10.1. The van der Waals surface area contributed by atoms with Crippen molar-refractivity contribution in [2.75, 3.05) is 12.4 Å². The van der Waals surface area contributed by atoms with E-state index >= 15 is 0 Å². The maximum absolute atomic E-state index is 4.06. The van der Waals surface area contributed by atoms with Crippen molar-refractivity contribution in [1.82, 2.24) is 0 Å². The molecule has 0 bridgehead atoms. The highest BCUT2D eigenvalue weighted by Crippen LogP contribution is 2.17. The Morgan fingerprint density at radius 3 is 2.62 bits per heavy atom. The van der Waals surface area contributed by atoms with Gasteiger partial charge in [-0.3, -0.25) is 4.99 Å². The van der Waals surface area contributed by atoms with E-state index in [1.54, 1.807) is 7.05 Å². The minimum atomic E-state index is 0.939. The van der Waals surface area contributed by atoms with Gasteiger partial charge in [-0.2, -0.15) is 0 Å². The number of aryl methyl sites for hydroxylation is 1. The first kappa shape index (κ1) is 9.78. The fraction of sp³-hybridized carbons (Fsp3) is 0.364. The van der Waals surface area contributed by atoms with Gasteiger partial charge in [0.15, 0.2) is 0 Å². The van der Waals surface area contributed by atoms with Crippen LogP contribution in [0.15, 0.2) is 23.2 Å². The summed E-state index contributed by atoms with van der Waals surface area (Å²) in [5.41, 5.74) is 3.72. The number of benzene rings is 1. The third kappa shape index (κ3) is 2.31. The van der Waals surface area contributed by atoms with Gasteiger partial charge in [-0.05, 0) is 38.0 Å². The fourth-order valence-electron chi connectivity index (χ4n) is 1.14. The number of rotatable bonds is 1. The van der Waals surface area contributed by atoms with Crippen molar-refractivity contribution in [2.45, 2.75) is 20.8 Å². The smallest absolute Gasteiger partial charge is 0.0972 e. The summed E-state index contributed by atoms with van der Waals surface area (Å²) in [6.45, 7) is 6.18. The molecule has 0 saturated carbocycles. The molecule has 0 heterocycles. The van der Waals surface area contributed by atoms with Crippen molar-refractivity contribution in [3.05, 3.63) is 29.3 Å². The number of hydrogen-bond donors (Lipinski definition) is 1. The zero-order chi connectivity index (χ0) is 9.84. The molecule has 0 amide bonds. The van der Waals surface area contributed by atoms with Gasteiger partial charge in [-0.25, -0.2) is 0 Å².